The Balaban J connectivity index is 3.05. The molecule has 0 N–H and O–H groups in total. The zero-order valence-electron chi connectivity index (χ0n) is 11.9. The molecule has 0 saturated carbocycles. The first-order valence-corrected chi connectivity index (χ1v) is 7.06. The van der Waals surface area contributed by atoms with Crippen LogP contribution in [0.2, 0.25) is 5.02 Å². The van der Waals surface area contributed by atoms with Crippen LogP contribution in [0.25, 0.3) is 0 Å². The van der Waals surface area contributed by atoms with Crippen molar-refractivity contribution in [2.75, 3.05) is 25.2 Å². The van der Waals surface area contributed by atoms with Crippen molar-refractivity contribution in [1.82, 2.24) is 0 Å². The van der Waals surface area contributed by atoms with Crippen LogP contribution in [0.4, 0.5) is 5.69 Å². The lowest BCUT2D eigenvalue weighted by Gasteiger charge is -2.33. The third-order valence-corrected chi connectivity index (χ3v) is 3.64. The Hall–Kier alpha value is -1.06. The number of methoxy groups -OCH3 is 1. The summed E-state index contributed by atoms with van der Waals surface area (Å²) in [5.41, 5.74) is 1.57. The van der Waals surface area contributed by atoms with E-state index in [4.69, 9.17) is 16.3 Å². The summed E-state index contributed by atoms with van der Waals surface area (Å²) < 4.78 is 5.18. The van der Waals surface area contributed by atoms with Crippen LogP contribution in [-0.4, -0.2) is 32.6 Å². The van der Waals surface area contributed by atoms with E-state index in [1.54, 1.807) is 19.2 Å². The van der Waals surface area contributed by atoms with Crippen molar-refractivity contribution in [3.8, 4) is 0 Å². The van der Waals surface area contributed by atoms with Crippen LogP contribution in [0, 0.1) is 0 Å². The van der Waals surface area contributed by atoms with Gasteiger partial charge >= 0.3 is 0 Å². The van der Waals surface area contributed by atoms with Crippen LogP contribution in [0.1, 0.15) is 37.0 Å². The van der Waals surface area contributed by atoms with Gasteiger partial charge in [-0.3, -0.25) is 4.79 Å². The maximum absolute atomic E-state index is 10.8. The highest BCUT2D eigenvalue weighted by Crippen LogP contribution is 2.29. The summed E-state index contributed by atoms with van der Waals surface area (Å²) in [6.45, 7) is 5.79. The number of carbonyl (C=O) groups is 1. The number of nitrogens with zero attached hydrogens (tertiary/aromatic N) is 1. The summed E-state index contributed by atoms with van der Waals surface area (Å²) in [6.07, 6.45) is 2.91. The van der Waals surface area contributed by atoms with E-state index in [9.17, 15) is 4.79 Å². The molecule has 0 heterocycles. The zero-order chi connectivity index (χ0) is 14.3. The predicted octanol–water partition coefficient (Wildman–Crippen LogP) is 3.79. The van der Waals surface area contributed by atoms with Crippen LogP contribution in [0.3, 0.4) is 0 Å². The number of aldehydes is 1. The normalized spacial score (nSPS) is 10.8. The van der Waals surface area contributed by atoms with Gasteiger partial charge in [0.2, 0.25) is 0 Å². The molecular weight excluding hydrogens is 262 g/mol. The van der Waals surface area contributed by atoms with E-state index in [2.05, 4.69) is 18.7 Å². The van der Waals surface area contributed by atoms with Crippen LogP contribution < -0.4 is 4.90 Å². The second-order valence-electron chi connectivity index (χ2n) is 4.49. The second-order valence-corrected chi connectivity index (χ2v) is 4.89. The Bertz CT molecular complexity index is 405. The monoisotopic (exact) mass is 283 g/mol. The van der Waals surface area contributed by atoms with Crippen molar-refractivity contribution in [3.05, 3.63) is 28.8 Å². The molecule has 19 heavy (non-hydrogen) atoms. The van der Waals surface area contributed by atoms with Gasteiger partial charge in [0.25, 0.3) is 0 Å². The zero-order valence-corrected chi connectivity index (χ0v) is 12.6. The van der Waals surface area contributed by atoms with E-state index in [1.165, 1.54) is 0 Å². The number of ether oxygens (including phenoxy) is 1. The molecule has 3 nitrogen and oxygen atoms in total. The number of carbonyl (C=O) groups excluding carboxylic acids is 1. The van der Waals surface area contributed by atoms with Gasteiger partial charge in [0.05, 0.1) is 17.3 Å². The minimum absolute atomic E-state index is 0.426. The van der Waals surface area contributed by atoms with Crippen molar-refractivity contribution in [2.45, 2.75) is 32.7 Å². The van der Waals surface area contributed by atoms with E-state index in [0.29, 0.717) is 23.2 Å². The molecule has 0 aliphatic rings. The van der Waals surface area contributed by atoms with Crippen molar-refractivity contribution in [2.24, 2.45) is 0 Å². The van der Waals surface area contributed by atoms with Gasteiger partial charge in [0, 0.05) is 25.3 Å². The minimum atomic E-state index is 0.426. The number of halogens is 1. The van der Waals surface area contributed by atoms with E-state index >= 15 is 0 Å². The fourth-order valence-electron chi connectivity index (χ4n) is 2.25. The summed E-state index contributed by atoms with van der Waals surface area (Å²) in [5, 5.41) is 0.618. The SMILES string of the molecule is CCC(CC)N(CCOC)c1ccc(C=O)cc1Cl. The molecule has 4 heteroatoms. The van der Waals surface area contributed by atoms with Gasteiger partial charge in [0.15, 0.2) is 0 Å². The third kappa shape index (κ3) is 4.22. The van der Waals surface area contributed by atoms with Gasteiger partial charge < -0.3 is 9.64 Å². The molecule has 1 rings (SSSR count). The minimum Gasteiger partial charge on any atom is -0.383 e. The molecular formula is C15H22ClNO2. The van der Waals surface area contributed by atoms with E-state index in [-0.39, 0.29) is 0 Å². The Morgan fingerprint density at radius 2 is 2.05 bits per heavy atom. The summed E-state index contributed by atoms with van der Waals surface area (Å²) in [4.78, 5) is 13.0. The topological polar surface area (TPSA) is 29.5 Å². The first-order valence-electron chi connectivity index (χ1n) is 6.68. The molecule has 0 amide bonds. The fourth-order valence-corrected chi connectivity index (χ4v) is 2.55. The molecule has 0 unspecified atom stereocenters. The standard InChI is InChI=1S/C15H22ClNO2/c1-4-13(5-2)17(8-9-19-3)15-7-6-12(11-18)10-14(15)16/h6-7,10-11,13H,4-5,8-9H2,1-3H3. The first-order chi connectivity index (χ1) is 9.17. The van der Waals surface area contributed by atoms with Crippen molar-refractivity contribution in [3.63, 3.8) is 0 Å². The highest BCUT2D eigenvalue weighted by molar-refractivity contribution is 6.33. The highest BCUT2D eigenvalue weighted by Gasteiger charge is 2.18. The van der Waals surface area contributed by atoms with E-state index in [0.717, 1.165) is 31.4 Å². The number of hydrogen-bond acceptors (Lipinski definition) is 3. The lowest BCUT2D eigenvalue weighted by Crippen LogP contribution is -2.37. The predicted molar refractivity (Wildman–Crippen MR) is 80.4 cm³/mol. The molecule has 0 aliphatic heterocycles. The fraction of sp³-hybridized carbons (Fsp3) is 0.533. The number of anilines is 1. The average Bonchev–Trinajstić information content (AvgIpc) is 2.44. The molecule has 0 fully saturated rings. The quantitative estimate of drug-likeness (QED) is 0.680. The van der Waals surface area contributed by atoms with Gasteiger partial charge in [-0.25, -0.2) is 0 Å². The summed E-state index contributed by atoms with van der Waals surface area (Å²) >= 11 is 6.30. The maximum atomic E-state index is 10.8. The van der Waals surface area contributed by atoms with Gasteiger partial charge in [0.1, 0.15) is 6.29 Å². The Morgan fingerprint density at radius 3 is 2.53 bits per heavy atom. The number of benzene rings is 1. The van der Waals surface area contributed by atoms with Crippen LogP contribution in [0.15, 0.2) is 18.2 Å². The van der Waals surface area contributed by atoms with Crippen LogP contribution in [-0.2, 0) is 4.74 Å². The van der Waals surface area contributed by atoms with E-state index in [1.807, 2.05) is 6.07 Å². The first kappa shape index (κ1) is 16.0. The lowest BCUT2D eigenvalue weighted by atomic mass is 10.1. The largest absolute Gasteiger partial charge is 0.383 e. The Labute approximate surface area is 120 Å². The van der Waals surface area contributed by atoms with Gasteiger partial charge in [-0.05, 0) is 31.0 Å². The Morgan fingerprint density at radius 1 is 1.37 bits per heavy atom. The van der Waals surface area contributed by atoms with Crippen LogP contribution in [0.5, 0.6) is 0 Å². The average molecular weight is 284 g/mol. The summed E-state index contributed by atoms with van der Waals surface area (Å²) in [5.74, 6) is 0. The van der Waals surface area contributed by atoms with Crippen molar-refractivity contribution < 1.29 is 9.53 Å². The molecule has 106 valence electrons. The Kier molecular flexibility index (Phi) is 6.89. The van der Waals surface area contributed by atoms with Gasteiger partial charge in [-0.15, -0.1) is 0 Å². The molecule has 1 aromatic rings. The summed E-state index contributed by atoms with van der Waals surface area (Å²) in [6, 6.07) is 5.86. The molecule has 0 spiro atoms. The lowest BCUT2D eigenvalue weighted by molar-refractivity contribution is 0.112. The van der Waals surface area contributed by atoms with E-state index < -0.39 is 0 Å². The third-order valence-electron chi connectivity index (χ3n) is 3.34. The maximum Gasteiger partial charge on any atom is 0.150 e. The molecule has 0 atom stereocenters. The second kappa shape index (κ2) is 8.18. The van der Waals surface area contributed by atoms with Gasteiger partial charge in [-0.1, -0.05) is 25.4 Å². The number of rotatable bonds is 8. The molecule has 1 aromatic carbocycles. The van der Waals surface area contributed by atoms with Crippen LogP contribution >= 0.6 is 11.6 Å². The summed E-state index contributed by atoms with van der Waals surface area (Å²) in [7, 11) is 1.70. The molecule has 0 radical (unpaired) electrons. The number of hydrogen-bond donors (Lipinski definition) is 0. The molecule has 0 saturated heterocycles. The molecule has 0 aliphatic carbocycles. The van der Waals surface area contributed by atoms with Crippen molar-refractivity contribution in [1.29, 1.82) is 0 Å². The molecule has 0 bridgehead atoms. The smallest absolute Gasteiger partial charge is 0.150 e. The highest BCUT2D eigenvalue weighted by atomic mass is 35.5. The van der Waals surface area contributed by atoms with Crippen molar-refractivity contribution >= 4 is 23.6 Å². The molecule has 0 aromatic heterocycles. The van der Waals surface area contributed by atoms with Gasteiger partial charge in [-0.2, -0.15) is 0 Å².